The zero-order valence-corrected chi connectivity index (χ0v) is 18.2. The normalized spacial score (nSPS) is 13.2. The molecular weight excluding hydrogens is 362 g/mol. The number of nitrogens with one attached hydrogen (secondary N) is 1. The highest BCUT2D eigenvalue weighted by atomic mass is 32.1. The van der Waals surface area contributed by atoms with Crippen molar-refractivity contribution in [3.05, 3.63) is 38.5 Å². The molecular formula is C19H31N5S2. The molecule has 0 aromatic carbocycles. The van der Waals surface area contributed by atoms with E-state index in [0.29, 0.717) is 6.04 Å². The lowest BCUT2D eigenvalue weighted by Crippen LogP contribution is -2.39. The van der Waals surface area contributed by atoms with E-state index in [1.54, 1.807) is 22.7 Å². The van der Waals surface area contributed by atoms with E-state index in [1.165, 1.54) is 5.56 Å². The molecule has 0 aliphatic heterocycles. The second-order valence-electron chi connectivity index (χ2n) is 6.20. The van der Waals surface area contributed by atoms with E-state index < -0.39 is 0 Å². The number of thiophene rings is 1. The summed E-state index contributed by atoms with van der Waals surface area (Å²) in [6.45, 7) is 13.0. The van der Waals surface area contributed by atoms with Crippen LogP contribution in [0.3, 0.4) is 0 Å². The molecule has 0 amide bonds. The Bertz CT molecular complexity index is 661. The molecule has 1 unspecified atom stereocenters. The third-order valence-corrected chi connectivity index (χ3v) is 5.88. The van der Waals surface area contributed by atoms with Crippen molar-refractivity contribution >= 4 is 28.6 Å². The molecule has 0 fully saturated rings. The minimum atomic E-state index is 0.319. The van der Waals surface area contributed by atoms with Gasteiger partial charge in [-0.2, -0.15) is 11.3 Å². The summed E-state index contributed by atoms with van der Waals surface area (Å²) >= 11 is 3.45. The van der Waals surface area contributed by atoms with Crippen LogP contribution in [0.25, 0.3) is 0 Å². The van der Waals surface area contributed by atoms with E-state index in [4.69, 9.17) is 4.99 Å². The molecule has 2 aromatic rings. The molecule has 5 nitrogen and oxygen atoms in total. The van der Waals surface area contributed by atoms with Gasteiger partial charge in [-0.25, -0.2) is 4.98 Å². The Morgan fingerprint density at radius 1 is 1.27 bits per heavy atom. The first-order chi connectivity index (χ1) is 12.6. The van der Waals surface area contributed by atoms with Crippen LogP contribution in [-0.4, -0.2) is 54.0 Å². The fourth-order valence-corrected chi connectivity index (χ4v) is 4.31. The maximum absolute atomic E-state index is 4.96. The van der Waals surface area contributed by atoms with E-state index in [1.807, 2.05) is 6.92 Å². The van der Waals surface area contributed by atoms with E-state index in [0.717, 1.165) is 49.4 Å². The zero-order chi connectivity index (χ0) is 18.9. The largest absolute Gasteiger partial charge is 0.357 e. The Balaban J connectivity index is 2.14. The minimum absolute atomic E-state index is 0.319. The minimum Gasteiger partial charge on any atom is -0.357 e. The third kappa shape index (κ3) is 5.79. The Kier molecular flexibility index (Phi) is 8.54. The number of aliphatic imine (C=N–C) groups is 1. The van der Waals surface area contributed by atoms with Crippen molar-refractivity contribution in [2.75, 3.05) is 33.2 Å². The van der Waals surface area contributed by atoms with Gasteiger partial charge in [0.05, 0.1) is 29.8 Å². The number of likely N-dealkylation sites (N-methyl/N-ethyl adjacent to an activating group) is 1. The summed E-state index contributed by atoms with van der Waals surface area (Å²) < 4.78 is 0. The molecule has 0 saturated carbocycles. The van der Waals surface area contributed by atoms with Gasteiger partial charge >= 0.3 is 0 Å². The lowest BCUT2D eigenvalue weighted by molar-refractivity contribution is 0.224. The fraction of sp³-hybridized carbons (Fsp3) is 0.579. The molecule has 2 rings (SSSR count). The van der Waals surface area contributed by atoms with E-state index in [9.17, 15) is 0 Å². The standard InChI is InChI=1S/C19H31N5S2/c1-6-20-19(23(5)12-17-14-26-15(4)22-17)21-11-18(24(7-2)8-3)16-9-10-25-13-16/h9-10,13-14,18H,6-8,11-12H2,1-5H3,(H,20,21). The number of thiazole rings is 1. The summed E-state index contributed by atoms with van der Waals surface area (Å²) in [5, 5.41) is 11.0. The molecule has 144 valence electrons. The highest BCUT2D eigenvalue weighted by Crippen LogP contribution is 2.23. The molecule has 0 radical (unpaired) electrons. The van der Waals surface area contributed by atoms with Gasteiger partial charge in [-0.15, -0.1) is 11.3 Å². The van der Waals surface area contributed by atoms with Crippen LogP contribution in [0.5, 0.6) is 0 Å². The molecule has 1 N–H and O–H groups in total. The van der Waals surface area contributed by atoms with Crippen molar-refractivity contribution in [3.8, 4) is 0 Å². The lowest BCUT2D eigenvalue weighted by atomic mass is 10.1. The van der Waals surface area contributed by atoms with Crippen LogP contribution in [0.4, 0.5) is 0 Å². The second kappa shape index (κ2) is 10.6. The van der Waals surface area contributed by atoms with Gasteiger partial charge in [0, 0.05) is 19.0 Å². The summed E-state index contributed by atoms with van der Waals surface area (Å²) in [4.78, 5) is 14.2. The Hall–Kier alpha value is -1.44. The number of hydrogen-bond acceptors (Lipinski definition) is 5. The summed E-state index contributed by atoms with van der Waals surface area (Å²) in [6.07, 6.45) is 0. The lowest BCUT2D eigenvalue weighted by Gasteiger charge is -2.29. The molecule has 0 saturated heterocycles. The highest BCUT2D eigenvalue weighted by molar-refractivity contribution is 7.09. The molecule has 1 atom stereocenters. The smallest absolute Gasteiger partial charge is 0.194 e. The fourth-order valence-electron chi connectivity index (χ4n) is 3.00. The van der Waals surface area contributed by atoms with Crippen LogP contribution in [0.2, 0.25) is 0 Å². The molecule has 0 spiro atoms. The number of rotatable bonds is 9. The van der Waals surface area contributed by atoms with Gasteiger partial charge < -0.3 is 10.2 Å². The third-order valence-electron chi connectivity index (χ3n) is 4.36. The highest BCUT2D eigenvalue weighted by Gasteiger charge is 2.19. The molecule has 7 heteroatoms. The van der Waals surface area contributed by atoms with Gasteiger partial charge in [0.25, 0.3) is 0 Å². The number of aromatic nitrogens is 1. The Morgan fingerprint density at radius 2 is 2.04 bits per heavy atom. The van der Waals surface area contributed by atoms with Gasteiger partial charge in [0.1, 0.15) is 0 Å². The number of hydrogen-bond donors (Lipinski definition) is 1. The average Bonchev–Trinajstić information content (AvgIpc) is 3.29. The summed E-state index contributed by atoms with van der Waals surface area (Å²) in [6, 6.07) is 2.54. The number of nitrogens with zero attached hydrogens (tertiary/aromatic N) is 4. The number of aryl methyl sites for hydroxylation is 1. The van der Waals surface area contributed by atoms with Crippen LogP contribution in [-0.2, 0) is 6.54 Å². The van der Waals surface area contributed by atoms with E-state index >= 15 is 0 Å². The van der Waals surface area contributed by atoms with Crippen molar-refractivity contribution in [1.29, 1.82) is 0 Å². The van der Waals surface area contributed by atoms with Crippen LogP contribution < -0.4 is 5.32 Å². The quantitative estimate of drug-likeness (QED) is 0.517. The summed E-state index contributed by atoms with van der Waals surface area (Å²) in [5.41, 5.74) is 2.45. The average molecular weight is 394 g/mol. The van der Waals surface area contributed by atoms with E-state index in [-0.39, 0.29) is 0 Å². The van der Waals surface area contributed by atoms with Crippen molar-refractivity contribution in [3.63, 3.8) is 0 Å². The van der Waals surface area contributed by atoms with Crippen LogP contribution in [0.1, 0.15) is 43.1 Å². The summed E-state index contributed by atoms with van der Waals surface area (Å²) in [7, 11) is 2.08. The van der Waals surface area contributed by atoms with Gasteiger partial charge in [0.15, 0.2) is 5.96 Å². The van der Waals surface area contributed by atoms with Gasteiger partial charge in [-0.3, -0.25) is 9.89 Å². The summed E-state index contributed by atoms with van der Waals surface area (Å²) in [5.74, 6) is 0.936. The molecule has 0 aliphatic rings. The Morgan fingerprint density at radius 3 is 2.58 bits per heavy atom. The zero-order valence-electron chi connectivity index (χ0n) is 16.5. The van der Waals surface area contributed by atoms with Crippen LogP contribution >= 0.6 is 22.7 Å². The van der Waals surface area contributed by atoms with Gasteiger partial charge in [-0.05, 0) is 49.3 Å². The predicted molar refractivity (Wildman–Crippen MR) is 114 cm³/mol. The second-order valence-corrected chi connectivity index (χ2v) is 8.04. The monoisotopic (exact) mass is 393 g/mol. The van der Waals surface area contributed by atoms with Crippen molar-refractivity contribution in [2.45, 2.75) is 40.3 Å². The molecule has 2 heterocycles. The first-order valence-corrected chi connectivity index (χ1v) is 11.1. The van der Waals surface area contributed by atoms with Gasteiger partial charge in [0.2, 0.25) is 0 Å². The first kappa shape index (κ1) is 20.9. The first-order valence-electron chi connectivity index (χ1n) is 9.25. The SMILES string of the molecule is CCNC(=NCC(c1ccsc1)N(CC)CC)N(C)Cc1csc(C)n1. The van der Waals surface area contributed by atoms with Gasteiger partial charge in [-0.1, -0.05) is 13.8 Å². The maximum atomic E-state index is 4.96. The topological polar surface area (TPSA) is 43.8 Å². The molecule has 0 aliphatic carbocycles. The molecule has 0 bridgehead atoms. The molecule has 26 heavy (non-hydrogen) atoms. The Labute approximate surface area is 165 Å². The van der Waals surface area contributed by atoms with Crippen molar-refractivity contribution in [2.24, 2.45) is 4.99 Å². The number of guanidine groups is 1. The van der Waals surface area contributed by atoms with Crippen molar-refractivity contribution in [1.82, 2.24) is 20.1 Å². The molecule has 2 aromatic heterocycles. The van der Waals surface area contributed by atoms with Crippen molar-refractivity contribution < 1.29 is 0 Å². The van der Waals surface area contributed by atoms with E-state index in [2.05, 4.69) is 70.1 Å². The predicted octanol–water partition coefficient (Wildman–Crippen LogP) is 3.99. The maximum Gasteiger partial charge on any atom is 0.194 e. The van der Waals surface area contributed by atoms with Crippen LogP contribution in [0, 0.1) is 6.92 Å². The van der Waals surface area contributed by atoms with Crippen LogP contribution in [0.15, 0.2) is 27.2 Å².